The SMILES string of the molecule is OC[C@@H](O)[C@@H](O)[C@H](O)[C@H](O)CO.OC[C@@H](O)[C@@H](O[C@H]1O[C@H](CO)[C@@H](O)[C@H](O)[C@H]1O)[C@H](O)[C@@H](O)CO. The highest BCUT2D eigenvalue weighted by atomic mass is 16.7. The first-order valence-electron chi connectivity index (χ1n) is 10.5. The van der Waals surface area contributed by atoms with Gasteiger partial charge in [-0.3, -0.25) is 0 Å². The molecular weight excluding hydrogens is 488 g/mol. The maximum absolute atomic E-state index is 9.83. The minimum atomic E-state index is -1.85. The summed E-state index contributed by atoms with van der Waals surface area (Å²) in [4.78, 5) is 0. The van der Waals surface area contributed by atoms with Crippen molar-refractivity contribution < 1.29 is 86.1 Å². The molecule has 35 heavy (non-hydrogen) atoms. The summed E-state index contributed by atoms with van der Waals surface area (Å²) in [6, 6.07) is 0. The molecule has 13 atom stereocenters. The molecule has 1 heterocycles. The zero-order valence-corrected chi connectivity index (χ0v) is 18.6. The Morgan fingerprint density at radius 2 is 0.943 bits per heavy atom. The van der Waals surface area contributed by atoms with E-state index < -0.39 is 113 Å². The highest BCUT2D eigenvalue weighted by Gasteiger charge is 2.46. The predicted octanol–water partition coefficient (Wildman–Crippen LogP) is -9.35. The fourth-order valence-corrected chi connectivity index (χ4v) is 2.84. The molecule has 0 amide bonds. The zero-order chi connectivity index (χ0) is 27.5. The molecule has 17 heteroatoms. The van der Waals surface area contributed by atoms with E-state index in [1.54, 1.807) is 0 Å². The van der Waals surface area contributed by atoms with E-state index in [0.717, 1.165) is 0 Å². The van der Waals surface area contributed by atoms with Crippen molar-refractivity contribution in [1.29, 1.82) is 0 Å². The van der Waals surface area contributed by atoms with E-state index in [1.165, 1.54) is 0 Å². The Morgan fingerprint density at radius 1 is 0.543 bits per heavy atom. The van der Waals surface area contributed by atoms with Gasteiger partial charge in [0.1, 0.15) is 73.2 Å². The minimum absolute atomic E-state index is 0.708. The van der Waals surface area contributed by atoms with Crippen molar-refractivity contribution in [2.24, 2.45) is 0 Å². The van der Waals surface area contributed by atoms with Crippen molar-refractivity contribution >= 4 is 0 Å². The van der Waals surface area contributed by atoms with Crippen LogP contribution in [-0.2, 0) is 9.47 Å². The second-order valence-corrected chi connectivity index (χ2v) is 7.77. The summed E-state index contributed by atoms with van der Waals surface area (Å²) < 4.78 is 10.1. The summed E-state index contributed by atoms with van der Waals surface area (Å²) in [5, 5.41) is 137. The first kappa shape index (κ1) is 34.3. The molecule has 0 spiro atoms. The van der Waals surface area contributed by atoms with E-state index in [0.29, 0.717) is 0 Å². The van der Waals surface area contributed by atoms with Gasteiger partial charge in [0, 0.05) is 0 Å². The molecule has 1 aliphatic heterocycles. The molecule has 0 bridgehead atoms. The number of ether oxygens (including phenoxy) is 2. The van der Waals surface area contributed by atoms with Crippen LogP contribution in [0.2, 0.25) is 0 Å². The number of aliphatic hydroxyl groups is 15. The molecule has 1 fully saturated rings. The third-order valence-corrected chi connectivity index (χ3v) is 5.14. The first-order chi connectivity index (χ1) is 16.3. The lowest BCUT2D eigenvalue weighted by Crippen LogP contribution is -2.61. The number of aliphatic hydroxyl groups excluding tert-OH is 15. The van der Waals surface area contributed by atoms with Crippen LogP contribution in [0.25, 0.3) is 0 Å². The van der Waals surface area contributed by atoms with E-state index >= 15 is 0 Å². The smallest absolute Gasteiger partial charge is 0.187 e. The zero-order valence-electron chi connectivity index (χ0n) is 18.6. The average Bonchev–Trinajstić information content (AvgIpc) is 2.88. The summed E-state index contributed by atoms with van der Waals surface area (Å²) in [5.41, 5.74) is 0. The highest BCUT2D eigenvalue weighted by Crippen LogP contribution is 2.24. The summed E-state index contributed by atoms with van der Waals surface area (Å²) in [6.07, 6.45) is -21.5. The summed E-state index contributed by atoms with van der Waals surface area (Å²) in [6.45, 7) is -3.91. The lowest BCUT2D eigenvalue weighted by atomic mass is 9.98. The van der Waals surface area contributed by atoms with Crippen LogP contribution in [-0.4, -0.2) is 189 Å². The van der Waals surface area contributed by atoms with Gasteiger partial charge >= 0.3 is 0 Å². The van der Waals surface area contributed by atoms with Gasteiger partial charge in [-0.15, -0.1) is 0 Å². The molecule has 15 N–H and O–H groups in total. The van der Waals surface area contributed by atoms with Crippen molar-refractivity contribution in [3.8, 4) is 0 Å². The molecule has 1 rings (SSSR count). The fraction of sp³-hybridized carbons (Fsp3) is 1.00. The normalized spacial score (nSPS) is 31.8. The Labute approximate surface area is 199 Å². The van der Waals surface area contributed by atoms with Crippen molar-refractivity contribution in [2.45, 2.75) is 79.5 Å². The molecule has 0 aliphatic carbocycles. The van der Waals surface area contributed by atoms with Gasteiger partial charge in [0.25, 0.3) is 0 Å². The molecule has 0 saturated carbocycles. The summed E-state index contributed by atoms with van der Waals surface area (Å²) in [7, 11) is 0. The van der Waals surface area contributed by atoms with Crippen LogP contribution in [0.1, 0.15) is 0 Å². The lowest BCUT2D eigenvalue weighted by molar-refractivity contribution is -0.327. The largest absolute Gasteiger partial charge is 0.394 e. The second-order valence-electron chi connectivity index (χ2n) is 7.77. The molecule has 0 aromatic rings. The van der Waals surface area contributed by atoms with Gasteiger partial charge in [-0.25, -0.2) is 0 Å². The van der Waals surface area contributed by atoms with Gasteiger partial charge in [0.15, 0.2) is 6.29 Å². The lowest BCUT2D eigenvalue weighted by Gasteiger charge is -2.42. The Kier molecular flexibility index (Phi) is 16.6. The third kappa shape index (κ3) is 9.95. The van der Waals surface area contributed by atoms with E-state index in [-0.39, 0.29) is 0 Å². The molecular formula is C18H38O17. The van der Waals surface area contributed by atoms with Crippen LogP contribution < -0.4 is 0 Å². The van der Waals surface area contributed by atoms with Crippen LogP contribution in [0.4, 0.5) is 0 Å². The van der Waals surface area contributed by atoms with Gasteiger partial charge < -0.3 is 86.1 Å². The van der Waals surface area contributed by atoms with Crippen molar-refractivity contribution in [2.75, 3.05) is 33.0 Å². The average molecular weight is 526 g/mol. The molecule has 0 aromatic carbocycles. The Bertz CT molecular complexity index is 527. The van der Waals surface area contributed by atoms with Crippen molar-refractivity contribution in [3.63, 3.8) is 0 Å². The first-order valence-corrected chi connectivity index (χ1v) is 10.5. The Balaban J connectivity index is 0.000000814. The van der Waals surface area contributed by atoms with E-state index in [9.17, 15) is 30.6 Å². The van der Waals surface area contributed by atoms with Crippen molar-refractivity contribution in [1.82, 2.24) is 0 Å². The number of hydrogen-bond acceptors (Lipinski definition) is 17. The maximum atomic E-state index is 9.83. The summed E-state index contributed by atoms with van der Waals surface area (Å²) >= 11 is 0. The topological polar surface area (TPSA) is 322 Å². The monoisotopic (exact) mass is 526 g/mol. The van der Waals surface area contributed by atoms with E-state index in [2.05, 4.69) is 0 Å². The molecule has 0 unspecified atom stereocenters. The minimum Gasteiger partial charge on any atom is -0.394 e. The summed E-state index contributed by atoms with van der Waals surface area (Å²) in [5.74, 6) is 0. The van der Waals surface area contributed by atoms with Crippen LogP contribution in [0.5, 0.6) is 0 Å². The molecule has 0 aromatic heterocycles. The molecule has 1 saturated heterocycles. The van der Waals surface area contributed by atoms with Gasteiger partial charge in [0.05, 0.1) is 33.0 Å². The quantitative estimate of drug-likeness (QED) is 0.106. The van der Waals surface area contributed by atoms with Crippen LogP contribution in [0.3, 0.4) is 0 Å². The molecule has 1 aliphatic rings. The Hall–Kier alpha value is -0.680. The maximum Gasteiger partial charge on any atom is 0.187 e. The van der Waals surface area contributed by atoms with Crippen LogP contribution in [0.15, 0.2) is 0 Å². The van der Waals surface area contributed by atoms with Gasteiger partial charge in [-0.05, 0) is 0 Å². The van der Waals surface area contributed by atoms with Crippen molar-refractivity contribution in [3.05, 3.63) is 0 Å². The molecule has 0 radical (unpaired) electrons. The van der Waals surface area contributed by atoms with E-state index in [1.807, 2.05) is 0 Å². The standard InChI is InChI=1S/C12H24O11.C6H14O6/c13-1-4(16)7(18)11(5(17)2-14)23-12-10(21)9(20)8(19)6(3-15)22-12;7-1-3(9)5(11)6(12)4(10)2-8/h4-21H,1-3H2;3-12H,1-2H2/t4-,5+,6+,7+,8+,9-,10+,11+,12+;3-,4-,5-,6-/m01/s1. The van der Waals surface area contributed by atoms with Gasteiger partial charge in [0.2, 0.25) is 0 Å². The van der Waals surface area contributed by atoms with E-state index in [4.69, 9.17) is 55.4 Å². The number of rotatable bonds is 13. The Morgan fingerprint density at radius 3 is 1.31 bits per heavy atom. The second kappa shape index (κ2) is 16.9. The van der Waals surface area contributed by atoms with Crippen LogP contribution in [0, 0.1) is 0 Å². The van der Waals surface area contributed by atoms with Gasteiger partial charge in [-0.2, -0.15) is 0 Å². The van der Waals surface area contributed by atoms with Crippen LogP contribution >= 0.6 is 0 Å². The highest BCUT2D eigenvalue weighted by molar-refractivity contribution is 4.91. The van der Waals surface area contributed by atoms with Gasteiger partial charge in [-0.1, -0.05) is 0 Å². The third-order valence-electron chi connectivity index (χ3n) is 5.14. The predicted molar refractivity (Wildman–Crippen MR) is 109 cm³/mol. The molecule has 17 nitrogen and oxygen atoms in total. The number of hydrogen-bond donors (Lipinski definition) is 15. The molecule has 212 valence electrons. The fourth-order valence-electron chi connectivity index (χ4n) is 2.84.